The highest BCUT2D eigenvalue weighted by Gasteiger charge is 2.26. The van der Waals surface area contributed by atoms with Crippen molar-refractivity contribution in [2.45, 2.75) is 32.4 Å². The van der Waals surface area contributed by atoms with Crippen LogP contribution in [0, 0.1) is 0 Å². The maximum atomic E-state index is 12.8. The van der Waals surface area contributed by atoms with Crippen molar-refractivity contribution in [3.05, 3.63) is 56.0 Å². The second-order valence-corrected chi connectivity index (χ2v) is 7.72. The summed E-state index contributed by atoms with van der Waals surface area (Å²) in [6, 6.07) is 1.53. The molecule has 0 radical (unpaired) electrons. The highest BCUT2D eigenvalue weighted by atomic mass is 35.5. The molecule has 1 aliphatic rings. The summed E-state index contributed by atoms with van der Waals surface area (Å²) in [7, 11) is 1.56. The van der Waals surface area contributed by atoms with Crippen molar-refractivity contribution in [1.82, 2.24) is 24.1 Å². The lowest BCUT2D eigenvalue weighted by molar-refractivity contribution is 0.133. The van der Waals surface area contributed by atoms with E-state index in [1.807, 2.05) is 6.92 Å². The van der Waals surface area contributed by atoms with E-state index in [2.05, 4.69) is 19.9 Å². The number of halogens is 1. The third-order valence-corrected chi connectivity index (χ3v) is 5.59. The Morgan fingerprint density at radius 2 is 1.80 bits per heavy atom. The van der Waals surface area contributed by atoms with Crippen LogP contribution in [0.5, 0.6) is 0 Å². The molecule has 9 nitrogen and oxygen atoms in total. The quantitative estimate of drug-likeness (QED) is 0.570. The summed E-state index contributed by atoms with van der Waals surface area (Å²) in [4.78, 5) is 40.6. The Morgan fingerprint density at radius 1 is 1.10 bits per heavy atom. The van der Waals surface area contributed by atoms with Gasteiger partial charge in [-0.15, -0.1) is 0 Å². The fourth-order valence-electron chi connectivity index (χ4n) is 3.77. The van der Waals surface area contributed by atoms with Crippen LogP contribution in [-0.4, -0.2) is 43.8 Å². The Bertz CT molecular complexity index is 1170. The predicted octanol–water partition coefficient (Wildman–Crippen LogP) is 1.92. The van der Waals surface area contributed by atoms with Gasteiger partial charge in [-0.1, -0.05) is 11.6 Å². The van der Waals surface area contributed by atoms with Crippen molar-refractivity contribution >= 4 is 28.7 Å². The molecule has 4 heterocycles. The first kappa shape index (κ1) is 20.5. The molecule has 0 atom stereocenters. The Hall–Kier alpha value is -2.78. The van der Waals surface area contributed by atoms with Gasteiger partial charge in [0.2, 0.25) is 5.95 Å². The molecule has 158 valence electrons. The maximum absolute atomic E-state index is 12.8. The fourth-order valence-corrected chi connectivity index (χ4v) is 3.93. The number of anilines is 1. The number of hydrogen-bond donors (Lipinski definition) is 0. The molecule has 0 N–H and O–H groups in total. The standard InChI is InChI=1S/C20H23ClN6O3/c1-3-30-12-13-9-23-20(24-10-13)26-6-4-15(5-7-26)27-17-16(8-14(21)11-22-17)25(2)18(28)19(27)29/h8-11,15H,3-7,12H2,1-2H3. The van der Waals surface area contributed by atoms with E-state index in [1.54, 1.807) is 25.5 Å². The van der Waals surface area contributed by atoms with E-state index in [4.69, 9.17) is 16.3 Å². The zero-order chi connectivity index (χ0) is 21.3. The molecule has 3 aromatic rings. The van der Waals surface area contributed by atoms with Gasteiger partial charge < -0.3 is 14.2 Å². The molecule has 0 spiro atoms. The second kappa shape index (κ2) is 8.53. The first-order valence-corrected chi connectivity index (χ1v) is 10.3. The van der Waals surface area contributed by atoms with Crippen LogP contribution in [0.15, 0.2) is 34.2 Å². The zero-order valence-electron chi connectivity index (χ0n) is 16.9. The number of pyridine rings is 1. The van der Waals surface area contributed by atoms with Gasteiger partial charge in [-0.2, -0.15) is 0 Å². The van der Waals surface area contributed by atoms with Gasteiger partial charge >= 0.3 is 11.1 Å². The lowest BCUT2D eigenvalue weighted by Crippen LogP contribution is -2.45. The number of rotatable bonds is 5. The van der Waals surface area contributed by atoms with Gasteiger partial charge in [-0.05, 0) is 25.8 Å². The number of aryl methyl sites for hydroxylation is 1. The van der Waals surface area contributed by atoms with E-state index in [0.717, 1.165) is 5.56 Å². The summed E-state index contributed by atoms with van der Waals surface area (Å²) in [5, 5.41) is 0.419. The van der Waals surface area contributed by atoms with Gasteiger partial charge in [0.25, 0.3) is 0 Å². The summed E-state index contributed by atoms with van der Waals surface area (Å²) in [5.74, 6) is 0.653. The highest BCUT2D eigenvalue weighted by molar-refractivity contribution is 6.31. The van der Waals surface area contributed by atoms with Crippen LogP contribution < -0.4 is 16.0 Å². The molecule has 10 heteroatoms. The summed E-state index contributed by atoms with van der Waals surface area (Å²) < 4.78 is 8.20. The van der Waals surface area contributed by atoms with Crippen LogP contribution in [0.25, 0.3) is 11.2 Å². The zero-order valence-corrected chi connectivity index (χ0v) is 17.7. The van der Waals surface area contributed by atoms with Crippen molar-refractivity contribution in [2.75, 3.05) is 24.6 Å². The summed E-state index contributed by atoms with van der Waals surface area (Å²) in [5.41, 5.74) is 0.805. The SMILES string of the molecule is CCOCc1cnc(N2CCC(n3c(=O)c(=O)n(C)c4cc(Cl)cnc43)CC2)nc1. The molecule has 0 aromatic carbocycles. The fraction of sp³-hybridized carbons (Fsp3) is 0.450. The number of aromatic nitrogens is 5. The van der Waals surface area contributed by atoms with Gasteiger partial charge in [-0.25, -0.2) is 15.0 Å². The van der Waals surface area contributed by atoms with Crippen molar-refractivity contribution in [1.29, 1.82) is 0 Å². The van der Waals surface area contributed by atoms with E-state index in [9.17, 15) is 9.59 Å². The second-order valence-electron chi connectivity index (χ2n) is 7.28. The Balaban J connectivity index is 1.57. The molecule has 3 aromatic heterocycles. The minimum absolute atomic E-state index is 0.129. The number of fused-ring (bicyclic) bond motifs is 1. The van der Waals surface area contributed by atoms with Crippen LogP contribution >= 0.6 is 11.6 Å². The Labute approximate surface area is 177 Å². The number of piperidine rings is 1. The van der Waals surface area contributed by atoms with E-state index < -0.39 is 11.1 Å². The average Bonchev–Trinajstić information content (AvgIpc) is 2.77. The van der Waals surface area contributed by atoms with Gasteiger partial charge in [-0.3, -0.25) is 14.2 Å². The number of hydrogen-bond acceptors (Lipinski definition) is 7. The predicted molar refractivity (Wildman–Crippen MR) is 114 cm³/mol. The first-order chi connectivity index (χ1) is 14.5. The Morgan fingerprint density at radius 3 is 2.47 bits per heavy atom. The average molecular weight is 431 g/mol. The van der Waals surface area contributed by atoms with Crippen LogP contribution in [0.1, 0.15) is 31.4 Å². The van der Waals surface area contributed by atoms with E-state index in [-0.39, 0.29) is 6.04 Å². The molecule has 0 amide bonds. The normalized spacial score (nSPS) is 15.1. The lowest BCUT2D eigenvalue weighted by Gasteiger charge is -2.33. The Kier molecular flexibility index (Phi) is 5.83. The van der Waals surface area contributed by atoms with Crippen LogP contribution in [0.3, 0.4) is 0 Å². The van der Waals surface area contributed by atoms with Gasteiger partial charge in [0, 0.05) is 56.9 Å². The molecular formula is C20H23ClN6O3. The largest absolute Gasteiger partial charge is 0.377 e. The molecule has 1 saturated heterocycles. The summed E-state index contributed by atoms with van der Waals surface area (Å²) in [6.07, 6.45) is 6.40. The third-order valence-electron chi connectivity index (χ3n) is 5.39. The van der Waals surface area contributed by atoms with Crippen LogP contribution in [-0.2, 0) is 18.4 Å². The molecular weight excluding hydrogens is 408 g/mol. The minimum Gasteiger partial charge on any atom is -0.377 e. The monoisotopic (exact) mass is 430 g/mol. The van der Waals surface area contributed by atoms with E-state index in [0.29, 0.717) is 61.3 Å². The molecule has 0 saturated carbocycles. The molecule has 1 fully saturated rings. The molecule has 30 heavy (non-hydrogen) atoms. The maximum Gasteiger partial charge on any atom is 0.318 e. The van der Waals surface area contributed by atoms with Crippen molar-refractivity contribution in [3.63, 3.8) is 0 Å². The first-order valence-electron chi connectivity index (χ1n) is 9.90. The van der Waals surface area contributed by atoms with Crippen LogP contribution in [0.4, 0.5) is 5.95 Å². The van der Waals surface area contributed by atoms with Crippen molar-refractivity contribution in [2.24, 2.45) is 7.05 Å². The third kappa shape index (κ3) is 3.82. The molecule has 4 rings (SSSR count). The van der Waals surface area contributed by atoms with Gasteiger partial charge in [0.05, 0.1) is 17.1 Å². The molecule has 0 bridgehead atoms. The molecule has 1 aliphatic heterocycles. The minimum atomic E-state index is -0.581. The molecule has 0 unspecified atom stereocenters. The van der Waals surface area contributed by atoms with Gasteiger partial charge in [0.1, 0.15) is 0 Å². The summed E-state index contributed by atoms with van der Waals surface area (Å²) in [6.45, 7) is 4.43. The number of nitrogens with zero attached hydrogens (tertiary/aromatic N) is 6. The van der Waals surface area contributed by atoms with E-state index >= 15 is 0 Å². The van der Waals surface area contributed by atoms with Crippen molar-refractivity contribution < 1.29 is 4.74 Å². The highest BCUT2D eigenvalue weighted by Crippen LogP contribution is 2.26. The summed E-state index contributed by atoms with van der Waals surface area (Å²) >= 11 is 6.05. The van der Waals surface area contributed by atoms with Gasteiger partial charge in [0.15, 0.2) is 5.65 Å². The topological polar surface area (TPSA) is 95.1 Å². The van der Waals surface area contributed by atoms with Crippen LogP contribution in [0.2, 0.25) is 5.02 Å². The van der Waals surface area contributed by atoms with E-state index in [1.165, 1.54) is 15.3 Å². The lowest BCUT2D eigenvalue weighted by atomic mass is 10.0. The van der Waals surface area contributed by atoms with Crippen molar-refractivity contribution in [3.8, 4) is 0 Å². The smallest absolute Gasteiger partial charge is 0.318 e. The molecule has 0 aliphatic carbocycles. The number of ether oxygens (including phenoxy) is 1.